The third-order valence-corrected chi connectivity index (χ3v) is 3.52. The molecule has 0 saturated heterocycles. The number of rotatable bonds is 7. The van der Waals surface area contributed by atoms with E-state index in [9.17, 15) is 0 Å². The van der Waals surface area contributed by atoms with Crippen molar-refractivity contribution < 1.29 is 4.74 Å². The van der Waals surface area contributed by atoms with Crippen molar-refractivity contribution in [2.45, 2.75) is 39.4 Å². The SMILES string of the molecule is CCCn1ccc(CN[C@H](C)c2ccc(OC)cc2)c1. The summed E-state index contributed by atoms with van der Waals surface area (Å²) in [5.74, 6) is 0.901. The summed E-state index contributed by atoms with van der Waals surface area (Å²) in [6.45, 7) is 6.37. The molecule has 1 aromatic carbocycles. The molecule has 108 valence electrons. The Morgan fingerprint density at radius 2 is 1.95 bits per heavy atom. The molecule has 2 rings (SSSR count). The van der Waals surface area contributed by atoms with E-state index in [0.717, 1.165) is 18.8 Å². The van der Waals surface area contributed by atoms with Crippen molar-refractivity contribution >= 4 is 0 Å². The summed E-state index contributed by atoms with van der Waals surface area (Å²) in [4.78, 5) is 0. The van der Waals surface area contributed by atoms with Gasteiger partial charge in [0, 0.05) is 31.5 Å². The summed E-state index contributed by atoms with van der Waals surface area (Å²) in [7, 11) is 1.69. The Hall–Kier alpha value is -1.74. The molecule has 0 unspecified atom stereocenters. The molecular formula is C17H24N2O. The highest BCUT2D eigenvalue weighted by Crippen LogP contribution is 2.17. The third-order valence-electron chi connectivity index (χ3n) is 3.52. The van der Waals surface area contributed by atoms with Crippen molar-refractivity contribution in [2.75, 3.05) is 7.11 Å². The zero-order valence-corrected chi connectivity index (χ0v) is 12.6. The number of methoxy groups -OCH3 is 1. The van der Waals surface area contributed by atoms with Gasteiger partial charge in [0.25, 0.3) is 0 Å². The molecule has 2 aromatic rings. The zero-order valence-electron chi connectivity index (χ0n) is 12.6. The molecule has 20 heavy (non-hydrogen) atoms. The fourth-order valence-electron chi connectivity index (χ4n) is 2.27. The lowest BCUT2D eigenvalue weighted by molar-refractivity contribution is 0.414. The average Bonchev–Trinajstić information content (AvgIpc) is 2.93. The van der Waals surface area contributed by atoms with Gasteiger partial charge in [0.05, 0.1) is 7.11 Å². The summed E-state index contributed by atoms with van der Waals surface area (Å²) in [5, 5.41) is 3.55. The van der Waals surface area contributed by atoms with E-state index in [4.69, 9.17) is 4.74 Å². The summed E-state index contributed by atoms with van der Waals surface area (Å²) >= 11 is 0. The van der Waals surface area contributed by atoms with E-state index in [-0.39, 0.29) is 0 Å². The van der Waals surface area contributed by atoms with Crippen LogP contribution in [-0.4, -0.2) is 11.7 Å². The quantitative estimate of drug-likeness (QED) is 0.830. The molecule has 0 saturated carbocycles. The van der Waals surface area contributed by atoms with Crippen molar-refractivity contribution in [3.63, 3.8) is 0 Å². The molecular weight excluding hydrogens is 248 g/mol. The van der Waals surface area contributed by atoms with Gasteiger partial charge >= 0.3 is 0 Å². The van der Waals surface area contributed by atoms with E-state index in [2.05, 4.69) is 54.3 Å². The van der Waals surface area contributed by atoms with Gasteiger partial charge in [0.2, 0.25) is 0 Å². The molecule has 3 nitrogen and oxygen atoms in total. The topological polar surface area (TPSA) is 26.2 Å². The molecule has 3 heteroatoms. The van der Waals surface area contributed by atoms with Crippen molar-refractivity contribution in [2.24, 2.45) is 0 Å². The fraction of sp³-hybridized carbons (Fsp3) is 0.412. The highest BCUT2D eigenvalue weighted by Gasteiger charge is 2.05. The summed E-state index contributed by atoms with van der Waals surface area (Å²) < 4.78 is 7.43. The number of ether oxygens (including phenoxy) is 1. The molecule has 1 atom stereocenters. The van der Waals surface area contributed by atoms with Crippen LogP contribution in [0.15, 0.2) is 42.7 Å². The predicted octanol–water partition coefficient (Wildman–Crippen LogP) is 3.76. The minimum absolute atomic E-state index is 0.329. The van der Waals surface area contributed by atoms with Crippen LogP contribution < -0.4 is 10.1 Å². The molecule has 0 bridgehead atoms. The van der Waals surface area contributed by atoms with E-state index in [1.165, 1.54) is 17.5 Å². The second-order valence-electron chi connectivity index (χ2n) is 5.13. The molecule has 0 aliphatic rings. The van der Waals surface area contributed by atoms with E-state index in [0.29, 0.717) is 6.04 Å². The van der Waals surface area contributed by atoms with Crippen LogP contribution in [0.5, 0.6) is 5.75 Å². The zero-order chi connectivity index (χ0) is 14.4. The Bertz CT molecular complexity index is 516. The van der Waals surface area contributed by atoms with Crippen LogP contribution in [0, 0.1) is 0 Å². The Morgan fingerprint density at radius 1 is 1.20 bits per heavy atom. The first-order chi connectivity index (χ1) is 9.72. The van der Waals surface area contributed by atoms with Crippen molar-refractivity contribution in [1.29, 1.82) is 0 Å². The normalized spacial score (nSPS) is 12.3. The van der Waals surface area contributed by atoms with Crippen molar-refractivity contribution in [3.8, 4) is 5.75 Å². The van der Waals surface area contributed by atoms with Crippen LogP contribution in [-0.2, 0) is 13.1 Å². The van der Waals surface area contributed by atoms with Gasteiger partial charge in [-0.15, -0.1) is 0 Å². The molecule has 1 heterocycles. The van der Waals surface area contributed by atoms with Crippen molar-refractivity contribution in [3.05, 3.63) is 53.9 Å². The number of aromatic nitrogens is 1. The van der Waals surface area contributed by atoms with Crippen LogP contribution >= 0.6 is 0 Å². The monoisotopic (exact) mass is 272 g/mol. The number of aryl methyl sites for hydroxylation is 1. The van der Waals surface area contributed by atoms with Crippen LogP contribution in [0.3, 0.4) is 0 Å². The second-order valence-corrected chi connectivity index (χ2v) is 5.13. The molecule has 0 aliphatic carbocycles. The van der Waals surface area contributed by atoms with Gasteiger partial charge in [-0.1, -0.05) is 19.1 Å². The predicted molar refractivity (Wildman–Crippen MR) is 83.0 cm³/mol. The lowest BCUT2D eigenvalue weighted by Crippen LogP contribution is -2.17. The Labute approximate surface area is 121 Å². The van der Waals surface area contributed by atoms with Gasteiger partial charge in [-0.05, 0) is 42.7 Å². The minimum Gasteiger partial charge on any atom is -0.497 e. The number of hydrogen-bond donors (Lipinski definition) is 1. The summed E-state index contributed by atoms with van der Waals surface area (Å²) in [5.41, 5.74) is 2.61. The standard InChI is InChI=1S/C17H24N2O/c1-4-10-19-11-9-15(13-19)12-18-14(2)16-5-7-17(20-3)8-6-16/h5-9,11,13-14,18H,4,10,12H2,1-3H3/t14-/m1/s1. The van der Waals surface area contributed by atoms with Crippen LogP contribution in [0.2, 0.25) is 0 Å². The first-order valence-electron chi connectivity index (χ1n) is 7.25. The molecule has 0 spiro atoms. The fourth-order valence-corrected chi connectivity index (χ4v) is 2.27. The molecule has 0 fully saturated rings. The smallest absolute Gasteiger partial charge is 0.118 e. The maximum absolute atomic E-state index is 5.18. The van der Waals surface area contributed by atoms with Crippen LogP contribution in [0.1, 0.15) is 37.4 Å². The van der Waals surface area contributed by atoms with E-state index < -0.39 is 0 Å². The van der Waals surface area contributed by atoms with Gasteiger partial charge in [-0.2, -0.15) is 0 Å². The Kier molecular flexibility index (Phi) is 5.24. The maximum atomic E-state index is 5.18. The average molecular weight is 272 g/mol. The number of nitrogens with zero attached hydrogens (tertiary/aromatic N) is 1. The lowest BCUT2D eigenvalue weighted by atomic mass is 10.1. The van der Waals surface area contributed by atoms with Crippen LogP contribution in [0.25, 0.3) is 0 Å². The number of benzene rings is 1. The first kappa shape index (κ1) is 14.7. The highest BCUT2D eigenvalue weighted by atomic mass is 16.5. The van der Waals surface area contributed by atoms with E-state index in [1.807, 2.05) is 12.1 Å². The largest absolute Gasteiger partial charge is 0.497 e. The first-order valence-corrected chi connectivity index (χ1v) is 7.25. The third kappa shape index (κ3) is 3.87. The van der Waals surface area contributed by atoms with Gasteiger partial charge in [-0.25, -0.2) is 0 Å². The van der Waals surface area contributed by atoms with Gasteiger partial charge in [0.15, 0.2) is 0 Å². The summed E-state index contributed by atoms with van der Waals surface area (Å²) in [6, 6.07) is 10.7. The van der Waals surface area contributed by atoms with Gasteiger partial charge < -0.3 is 14.6 Å². The number of hydrogen-bond acceptors (Lipinski definition) is 2. The Morgan fingerprint density at radius 3 is 2.60 bits per heavy atom. The summed E-state index contributed by atoms with van der Waals surface area (Å²) in [6.07, 6.45) is 5.54. The molecule has 0 aliphatic heterocycles. The van der Waals surface area contributed by atoms with Crippen LogP contribution in [0.4, 0.5) is 0 Å². The van der Waals surface area contributed by atoms with E-state index in [1.54, 1.807) is 7.11 Å². The van der Waals surface area contributed by atoms with E-state index >= 15 is 0 Å². The van der Waals surface area contributed by atoms with Crippen molar-refractivity contribution in [1.82, 2.24) is 9.88 Å². The second kappa shape index (κ2) is 7.15. The minimum atomic E-state index is 0.329. The maximum Gasteiger partial charge on any atom is 0.118 e. The highest BCUT2D eigenvalue weighted by molar-refractivity contribution is 5.28. The molecule has 0 amide bonds. The molecule has 1 aromatic heterocycles. The molecule has 1 N–H and O–H groups in total. The number of nitrogens with one attached hydrogen (secondary N) is 1. The molecule has 0 radical (unpaired) electrons. The van der Waals surface area contributed by atoms with Gasteiger partial charge in [-0.3, -0.25) is 0 Å². The Balaban J connectivity index is 1.88. The lowest BCUT2D eigenvalue weighted by Gasteiger charge is -2.14. The van der Waals surface area contributed by atoms with Gasteiger partial charge in [0.1, 0.15) is 5.75 Å².